The highest BCUT2D eigenvalue weighted by molar-refractivity contribution is 4.79. The van der Waals surface area contributed by atoms with Crippen LogP contribution in [0.5, 0.6) is 0 Å². The molecule has 0 heterocycles. The zero-order chi connectivity index (χ0) is 9.80. The van der Waals surface area contributed by atoms with Gasteiger partial charge in [0.1, 0.15) is 0 Å². The summed E-state index contributed by atoms with van der Waals surface area (Å²) in [7, 11) is 0. The van der Waals surface area contributed by atoms with Gasteiger partial charge < -0.3 is 5.73 Å². The molecule has 2 aliphatic rings. The summed E-state index contributed by atoms with van der Waals surface area (Å²) in [6, 6.07) is 0. The Bertz CT molecular complexity index is 167. The summed E-state index contributed by atoms with van der Waals surface area (Å²) in [6.45, 7) is 0.907. The van der Waals surface area contributed by atoms with E-state index in [1.807, 2.05) is 0 Å². The Morgan fingerprint density at radius 2 is 1.64 bits per heavy atom. The Labute approximate surface area is 88.4 Å². The summed E-state index contributed by atoms with van der Waals surface area (Å²) in [4.78, 5) is 0. The Kier molecular flexibility index (Phi) is 3.86. The highest BCUT2D eigenvalue weighted by Gasteiger charge is 2.27. The van der Waals surface area contributed by atoms with Gasteiger partial charge in [-0.15, -0.1) is 0 Å². The third kappa shape index (κ3) is 2.50. The lowest BCUT2D eigenvalue weighted by atomic mass is 9.78. The predicted molar refractivity (Wildman–Crippen MR) is 61.1 cm³/mol. The minimum Gasteiger partial charge on any atom is -0.330 e. The van der Waals surface area contributed by atoms with Gasteiger partial charge in [0.25, 0.3) is 0 Å². The molecule has 0 amide bonds. The molecule has 0 aromatic carbocycles. The summed E-state index contributed by atoms with van der Waals surface area (Å²) in [6.07, 6.45) is 13.3. The van der Waals surface area contributed by atoms with Gasteiger partial charge in [0, 0.05) is 0 Å². The molecule has 3 atom stereocenters. The molecular formula is C13H25N. The molecule has 2 aliphatic carbocycles. The standard InChI is InChI=1S/C13H25N/c14-10-9-13-6-2-4-11-3-1-5-12(13)8-7-11/h11-13H,1-10,14H2. The number of rotatable bonds is 2. The third-order valence-corrected chi connectivity index (χ3v) is 4.52. The first-order chi connectivity index (χ1) is 6.90. The molecule has 1 heteroatoms. The van der Waals surface area contributed by atoms with Gasteiger partial charge in [-0.05, 0) is 37.1 Å². The van der Waals surface area contributed by atoms with E-state index in [2.05, 4.69) is 0 Å². The fourth-order valence-corrected chi connectivity index (χ4v) is 3.67. The lowest BCUT2D eigenvalue weighted by Gasteiger charge is -2.28. The van der Waals surface area contributed by atoms with Crippen molar-refractivity contribution in [3.63, 3.8) is 0 Å². The molecule has 2 bridgehead atoms. The lowest BCUT2D eigenvalue weighted by Crippen LogP contribution is -2.20. The minimum absolute atomic E-state index is 0.907. The molecule has 3 unspecified atom stereocenters. The summed E-state index contributed by atoms with van der Waals surface area (Å²) >= 11 is 0. The van der Waals surface area contributed by atoms with E-state index in [-0.39, 0.29) is 0 Å². The van der Waals surface area contributed by atoms with E-state index in [0.717, 1.165) is 24.3 Å². The van der Waals surface area contributed by atoms with Crippen LogP contribution >= 0.6 is 0 Å². The molecule has 0 aromatic heterocycles. The van der Waals surface area contributed by atoms with Gasteiger partial charge >= 0.3 is 0 Å². The minimum atomic E-state index is 0.907. The second kappa shape index (κ2) is 5.16. The van der Waals surface area contributed by atoms with Gasteiger partial charge in [0.15, 0.2) is 0 Å². The van der Waals surface area contributed by atoms with Crippen molar-refractivity contribution in [3.8, 4) is 0 Å². The quantitative estimate of drug-likeness (QED) is 0.718. The second-order valence-corrected chi connectivity index (χ2v) is 5.40. The van der Waals surface area contributed by atoms with Crippen molar-refractivity contribution in [2.45, 2.75) is 57.8 Å². The van der Waals surface area contributed by atoms with Crippen molar-refractivity contribution in [2.24, 2.45) is 23.5 Å². The zero-order valence-corrected chi connectivity index (χ0v) is 9.38. The van der Waals surface area contributed by atoms with Crippen LogP contribution in [0.4, 0.5) is 0 Å². The first-order valence-electron chi connectivity index (χ1n) is 6.60. The van der Waals surface area contributed by atoms with Crippen molar-refractivity contribution in [3.05, 3.63) is 0 Å². The molecule has 1 nitrogen and oxygen atoms in total. The van der Waals surface area contributed by atoms with Gasteiger partial charge in [0.05, 0.1) is 0 Å². The largest absolute Gasteiger partial charge is 0.330 e. The van der Waals surface area contributed by atoms with Crippen LogP contribution in [0.15, 0.2) is 0 Å². The molecule has 0 aliphatic heterocycles. The Balaban J connectivity index is 1.97. The summed E-state index contributed by atoms with van der Waals surface area (Å²) < 4.78 is 0. The number of fused-ring (bicyclic) bond motifs is 3. The van der Waals surface area contributed by atoms with E-state index in [1.54, 1.807) is 0 Å². The molecule has 0 spiro atoms. The van der Waals surface area contributed by atoms with Crippen LogP contribution in [0.1, 0.15) is 57.8 Å². The first kappa shape index (κ1) is 10.5. The summed E-state index contributed by atoms with van der Waals surface area (Å²) in [5, 5.41) is 0. The van der Waals surface area contributed by atoms with Crippen molar-refractivity contribution >= 4 is 0 Å². The molecule has 2 saturated carbocycles. The fraction of sp³-hybridized carbons (Fsp3) is 1.00. The topological polar surface area (TPSA) is 26.0 Å². The number of nitrogens with two attached hydrogens (primary N) is 1. The molecule has 82 valence electrons. The molecule has 2 N–H and O–H groups in total. The van der Waals surface area contributed by atoms with Crippen molar-refractivity contribution in [1.82, 2.24) is 0 Å². The molecule has 0 radical (unpaired) electrons. The van der Waals surface area contributed by atoms with Crippen LogP contribution in [0.25, 0.3) is 0 Å². The number of hydrogen-bond donors (Lipinski definition) is 1. The first-order valence-corrected chi connectivity index (χ1v) is 6.60. The fourth-order valence-electron chi connectivity index (χ4n) is 3.67. The maximum Gasteiger partial charge on any atom is -0.00745 e. The van der Waals surface area contributed by atoms with Crippen molar-refractivity contribution in [2.75, 3.05) is 6.54 Å². The van der Waals surface area contributed by atoms with E-state index >= 15 is 0 Å². The van der Waals surface area contributed by atoms with Crippen LogP contribution in [0, 0.1) is 17.8 Å². The van der Waals surface area contributed by atoms with Crippen LogP contribution < -0.4 is 5.73 Å². The maximum absolute atomic E-state index is 5.72. The molecule has 2 rings (SSSR count). The Morgan fingerprint density at radius 3 is 2.43 bits per heavy atom. The van der Waals surface area contributed by atoms with Gasteiger partial charge in [0.2, 0.25) is 0 Å². The Hall–Kier alpha value is -0.0400. The molecular weight excluding hydrogens is 170 g/mol. The van der Waals surface area contributed by atoms with E-state index < -0.39 is 0 Å². The second-order valence-electron chi connectivity index (χ2n) is 5.40. The maximum atomic E-state index is 5.72. The van der Waals surface area contributed by atoms with Gasteiger partial charge in [-0.2, -0.15) is 0 Å². The third-order valence-electron chi connectivity index (χ3n) is 4.52. The summed E-state index contributed by atoms with van der Waals surface area (Å²) in [5.41, 5.74) is 5.72. The molecule has 2 fully saturated rings. The summed E-state index contributed by atoms with van der Waals surface area (Å²) in [5.74, 6) is 3.08. The van der Waals surface area contributed by atoms with E-state index in [9.17, 15) is 0 Å². The molecule has 14 heavy (non-hydrogen) atoms. The highest BCUT2D eigenvalue weighted by atomic mass is 14.5. The average molecular weight is 195 g/mol. The van der Waals surface area contributed by atoms with Gasteiger partial charge in [-0.3, -0.25) is 0 Å². The van der Waals surface area contributed by atoms with Gasteiger partial charge in [-0.1, -0.05) is 44.9 Å². The van der Waals surface area contributed by atoms with Crippen LogP contribution in [0.2, 0.25) is 0 Å². The van der Waals surface area contributed by atoms with E-state index in [1.165, 1.54) is 57.8 Å². The van der Waals surface area contributed by atoms with Crippen LogP contribution in [-0.4, -0.2) is 6.54 Å². The van der Waals surface area contributed by atoms with Crippen molar-refractivity contribution in [1.29, 1.82) is 0 Å². The van der Waals surface area contributed by atoms with E-state index in [4.69, 9.17) is 5.73 Å². The number of hydrogen-bond acceptors (Lipinski definition) is 1. The average Bonchev–Trinajstić information content (AvgIpc) is 2.35. The smallest absolute Gasteiger partial charge is 0.00745 e. The zero-order valence-electron chi connectivity index (χ0n) is 9.38. The lowest BCUT2D eigenvalue weighted by molar-refractivity contribution is 0.237. The van der Waals surface area contributed by atoms with Crippen LogP contribution in [-0.2, 0) is 0 Å². The monoisotopic (exact) mass is 195 g/mol. The SMILES string of the molecule is NCCC1CCCC2CCCC1CC2. The Morgan fingerprint density at radius 1 is 0.857 bits per heavy atom. The van der Waals surface area contributed by atoms with Crippen molar-refractivity contribution < 1.29 is 0 Å². The van der Waals surface area contributed by atoms with E-state index in [0.29, 0.717) is 0 Å². The normalized spacial score (nSPS) is 38.8. The predicted octanol–water partition coefficient (Wildman–Crippen LogP) is 3.33. The highest BCUT2D eigenvalue weighted by Crippen LogP contribution is 2.39. The van der Waals surface area contributed by atoms with Gasteiger partial charge in [-0.25, -0.2) is 0 Å². The molecule has 0 aromatic rings. The molecule has 0 saturated heterocycles. The van der Waals surface area contributed by atoms with Crippen LogP contribution in [0.3, 0.4) is 0 Å².